The van der Waals surface area contributed by atoms with Crippen LogP contribution in [0.15, 0.2) is 21.1 Å². The van der Waals surface area contributed by atoms with Gasteiger partial charge in [0, 0.05) is 12.5 Å². The van der Waals surface area contributed by atoms with E-state index in [4.69, 9.17) is 20.4 Å². The first kappa shape index (κ1) is 15.3. The van der Waals surface area contributed by atoms with Gasteiger partial charge in [-0.25, -0.2) is 0 Å². The highest BCUT2D eigenvalue weighted by atomic mass is 16.5. The number of hydrogen-bond donors (Lipinski definition) is 2. The van der Waals surface area contributed by atoms with E-state index in [0.717, 1.165) is 25.0 Å². The van der Waals surface area contributed by atoms with Crippen LogP contribution in [0, 0.1) is 6.92 Å². The van der Waals surface area contributed by atoms with Crippen LogP contribution in [0.25, 0.3) is 11.5 Å². The van der Waals surface area contributed by atoms with E-state index in [2.05, 4.69) is 5.16 Å². The molecule has 0 aromatic carbocycles. The van der Waals surface area contributed by atoms with Crippen LogP contribution in [0.5, 0.6) is 0 Å². The molecule has 2 aromatic rings. The summed E-state index contributed by atoms with van der Waals surface area (Å²) in [5, 5.41) is 3.94. The zero-order valence-electron chi connectivity index (χ0n) is 12.4. The minimum Gasteiger partial charge on any atom is -0.460 e. The molecule has 4 N–H and O–H groups in total. The molecule has 6 nitrogen and oxygen atoms in total. The van der Waals surface area contributed by atoms with E-state index in [0.29, 0.717) is 29.2 Å². The van der Waals surface area contributed by atoms with E-state index in [1.807, 2.05) is 13.8 Å². The van der Waals surface area contributed by atoms with Crippen LogP contribution in [-0.4, -0.2) is 17.1 Å². The fourth-order valence-electron chi connectivity index (χ4n) is 2.23. The summed E-state index contributed by atoms with van der Waals surface area (Å²) in [7, 11) is 0. The molecule has 2 rings (SSSR count). The van der Waals surface area contributed by atoms with Crippen molar-refractivity contribution in [2.75, 3.05) is 0 Å². The Morgan fingerprint density at radius 3 is 2.71 bits per heavy atom. The van der Waals surface area contributed by atoms with E-state index < -0.39 is 5.91 Å². The highest BCUT2D eigenvalue weighted by Crippen LogP contribution is 2.27. The lowest BCUT2D eigenvalue weighted by Gasteiger charge is -2.03. The first-order valence-corrected chi connectivity index (χ1v) is 7.09. The summed E-state index contributed by atoms with van der Waals surface area (Å²) in [5.74, 6) is 1.19. The maximum atomic E-state index is 11.7. The minimum atomic E-state index is -0.553. The molecule has 2 aromatic heterocycles. The number of nitrogens with zero attached hydrogens (tertiary/aromatic N) is 1. The van der Waals surface area contributed by atoms with Crippen LogP contribution in [-0.2, 0) is 6.42 Å². The van der Waals surface area contributed by atoms with Crippen LogP contribution in [0.1, 0.15) is 48.1 Å². The Balaban J connectivity index is 2.15. The third-order valence-electron chi connectivity index (χ3n) is 3.30. The highest BCUT2D eigenvalue weighted by Gasteiger charge is 2.23. The molecule has 0 bridgehead atoms. The largest absolute Gasteiger partial charge is 0.460 e. The Kier molecular flexibility index (Phi) is 4.80. The molecule has 0 fully saturated rings. The molecule has 1 atom stereocenters. The number of rotatable bonds is 7. The summed E-state index contributed by atoms with van der Waals surface area (Å²) in [6.45, 7) is 3.79. The van der Waals surface area contributed by atoms with E-state index in [9.17, 15) is 4.79 Å². The Morgan fingerprint density at radius 2 is 2.14 bits per heavy atom. The van der Waals surface area contributed by atoms with Crippen LogP contribution in [0.2, 0.25) is 0 Å². The Labute approximate surface area is 123 Å². The maximum absolute atomic E-state index is 11.7. The smallest absolute Gasteiger partial charge is 0.254 e. The zero-order chi connectivity index (χ0) is 15.4. The number of aromatic nitrogens is 1. The van der Waals surface area contributed by atoms with Gasteiger partial charge in [0.25, 0.3) is 5.91 Å². The van der Waals surface area contributed by atoms with E-state index in [1.165, 1.54) is 0 Å². The van der Waals surface area contributed by atoms with Gasteiger partial charge >= 0.3 is 0 Å². The van der Waals surface area contributed by atoms with Gasteiger partial charge in [-0.1, -0.05) is 11.6 Å². The van der Waals surface area contributed by atoms with Gasteiger partial charge in [-0.15, -0.1) is 0 Å². The topological polar surface area (TPSA) is 108 Å². The molecule has 0 saturated heterocycles. The molecule has 0 spiro atoms. The standard InChI is InChI=1S/C15H21N3O3/c1-9(16)5-3-4-6-11-13(15(17)19)14(18-21-11)12-8-7-10(2)20-12/h7-9H,3-6,16H2,1-2H3,(H2,17,19). The minimum absolute atomic E-state index is 0.178. The van der Waals surface area contributed by atoms with Gasteiger partial charge in [-0.05, 0) is 38.8 Å². The molecule has 1 amide bonds. The molecule has 6 heteroatoms. The van der Waals surface area contributed by atoms with Crippen LogP contribution in [0.3, 0.4) is 0 Å². The van der Waals surface area contributed by atoms with Gasteiger partial charge in [0.05, 0.1) is 0 Å². The van der Waals surface area contributed by atoms with Crippen molar-refractivity contribution in [3.05, 3.63) is 29.2 Å². The van der Waals surface area contributed by atoms with Gasteiger partial charge in [0.1, 0.15) is 17.1 Å². The fourth-order valence-corrected chi connectivity index (χ4v) is 2.23. The molecular formula is C15H21N3O3. The van der Waals surface area contributed by atoms with Crippen molar-refractivity contribution >= 4 is 5.91 Å². The second kappa shape index (κ2) is 6.58. The summed E-state index contributed by atoms with van der Waals surface area (Å²) in [6.07, 6.45) is 3.38. The average Bonchev–Trinajstić information content (AvgIpc) is 3.00. The van der Waals surface area contributed by atoms with Crippen LogP contribution < -0.4 is 11.5 Å². The maximum Gasteiger partial charge on any atom is 0.254 e. The quantitative estimate of drug-likeness (QED) is 0.761. The number of furan rings is 1. The normalized spacial score (nSPS) is 12.5. The molecule has 0 aliphatic carbocycles. The second-order valence-electron chi connectivity index (χ2n) is 5.33. The number of primary amides is 1. The lowest BCUT2D eigenvalue weighted by molar-refractivity contribution is 0.0998. The summed E-state index contributed by atoms with van der Waals surface area (Å²) in [5.41, 5.74) is 11.8. The summed E-state index contributed by atoms with van der Waals surface area (Å²) < 4.78 is 10.8. The van der Waals surface area contributed by atoms with Crippen molar-refractivity contribution in [1.29, 1.82) is 0 Å². The monoisotopic (exact) mass is 291 g/mol. The zero-order valence-corrected chi connectivity index (χ0v) is 12.4. The Morgan fingerprint density at radius 1 is 1.38 bits per heavy atom. The van der Waals surface area contributed by atoms with Gasteiger partial charge in [0.2, 0.25) is 0 Å². The predicted octanol–water partition coefficient (Wildman–Crippen LogP) is 2.40. The van der Waals surface area contributed by atoms with Crippen molar-refractivity contribution in [2.24, 2.45) is 11.5 Å². The molecule has 21 heavy (non-hydrogen) atoms. The predicted molar refractivity (Wildman–Crippen MR) is 78.7 cm³/mol. The lowest BCUT2D eigenvalue weighted by Crippen LogP contribution is -2.15. The number of carbonyl (C=O) groups is 1. The van der Waals surface area contributed by atoms with Gasteiger partial charge in [-0.3, -0.25) is 4.79 Å². The number of nitrogens with two attached hydrogens (primary N) is 2. The molecular weight excluding hydrogens is 270 g/mol. The molecule has 0 saturated carbocycles. The first-order valence-electron chi connectivity index (χ1n) is 7.09. The van der Waals surface area contributed by atoms with Gasteiger partial charge in [-0.2, -0.15) is 0 Å². The lowest BCUT2D eigenvalue weighted by atomic mass is 10.0. The van der Waals surface area contributed by atoms with Gasteiger partial charge in [0.15, 0.2) is 11.5 Å². The van der Waals surface area contributed by atoms with Crippen molar-refractivity contribution in [3.8, 4) is 11.5 Å². The number of aryl methyl sites for hydroxylation is 2. The molecule has 0 radical (unpaired) electrons. The summed E-state index contributed by atoms with van der Waals surface area (Å²) >= 11 is 0. The van der Waals surface area contributed by atoms with Crippen molar-refractivity contribution in [2.45, 2.75) is 45.6 Å². The van der Waals surface area contributed by atoms with Crippen LogP contribution >= 0.6 is 0 Å². The van der Waals surface area contributed by atoms with E-state index >= 15 is 0 Å². The average molecular weight is 291 g/mol. The summed E-state index contributed by atoms with van der Waals surface area (Å²) in [4.78, 5) is 11.7. The third-order valence-corrected chi connectivity index (χ3v) is 3.30. The number of hydrogen-bond acceptors (Lipinski definition) is 5. The molecule has 2 heterocycles. The fraction of sp³-hybridized carbons (Fsp3) is 0.467. The Hall–Kier alpha value is -2.08. The third kappa shape index (κ3) is 3.72. The molecule has 0 aliphatic rings. The highest BCUT2D eigenvalue weighted by molar-refractivity contribution is 5.99. The second-order valence-corrected chi connectivity index (χ2v) is 5.33. The van der Waals surface area contributed by atoms with Crippen molar-refractivity contribution < 1.29 is 13.7 Å². The molecule has 1 unspecified atom stereocenters. The summed E-state index contributed by atoms with van der Waals surface area (Å²) in [6, 6.07) is 3.73. The number of amides is 1. The molecule has 0 aliphatic heterocycles. The number of unbranched alkanes of at least 4 members (excludes halogenated alkanes) is 1. The van der Waals surface area contributed by atoms with Crippen molar-refractivity contribution in [1.82, 2.24) is 5.16 Å². The van der Waals surface area contributed by atoms with Crippen molar-refractivity contribution in [3.63, 3.8) is 0 Å². The number of carbonyl (C=O) groups excluding carboxylic acids is 1. The first-order chi connectivity index (χ1) is 9.99. The Bertz CT molecular complexity index is 613. The van der Waals surface area contributed by atoms with E-state index in [1.54, 1.807) is 12.1 Å². The van der Waals surface area contributed by atoms with Gasteiger partial charge < -0.3 is 20.4 Å². The SMILES string of the molecule is Cc1ccc(-c2noc(CCCCC(C)N)c2C(N)=O)o1. The van der Waals surface area contributed by atoms with E-state index in [-0.39, 0.29) is 6.04 Å². The van der Waals surface area contributed by atoms with Crippen LogP contribution in [0.4, 0.5) is 0 Å². The molecule has 114 valence electrons.